The Bertz CT molecular complexity index is 1210. The fourth-order valence-corrected chi connectivity index (χ4v) is 5.16. The van der Waals surface area contributed by atoms with Crippen molar-refractivity contribution in [3.8, 4) is 5.75 Å². The highest BCUT2D eigenvalue weighted by molar-refractivity contribution is 6.07. The van der Waals surface area contributed by atoms with Gasteiger partial charge in [0, 0.05) is 22.6 Å². The highest BCUT2D eigenvalue weighted by Crippen LogP contribution is 2.46. The Kier molecular flexibility index (Phi) is 9.80. The van der Waals surface area contributed by atoms with Crippen molar-refractivity contribution in [2.75, 3.05) is 0 Å². The molecule has 0 saturated heterocycles. The molecule has 2 rings (SSSR count). The molecule has 0 saturated carbocycles. The lowest BCUT2D eigenvalue weighted by atomic mass is 9.70. The standard InChI is InChI=1S/C37H56O2/c1-15-31(38)32-27(20-25(34(7,8)16-2)22-29(32)36(11,12)18-4)24(6)28-21-26(35(9,10)17-3)23-30(33(28)39)37(13,14)19-5/h15,20-24,39H,1,16-19H2,2-14H3. The first kappa shape index (κ1) is 32.9. The number of ketones is 1. The maximum absolute atomic E-state index is 13.6. The van der Waals surface area contributed by atoms with E-state index in [0.29, 0.717) is 5.75 Å². The molecule has 0 fully saturated rings. The van der Waals surface area contributed by atoms with E-state index < -0.39 is 0 Å². The number of carbonyl (C=O) groups is 1. The molecule has 1 N–H and O–H groups in total. The summed E-state index contributed by atoms with van der Waals surface area (Å²) in [4.78, 5) is 13.6. The third kappa shape index (κ3) is 6.36. The van der Waals surface area contributed by atoms with Crippen LogP contribution in [0.4, 0.5) is 0 Å². The van der Waals surface area contributed by atoms with Gasteiger partial charge in [0.1, 0.15) is 5.75 Å². The van der Waals surface area contributed by atoms with Crippen LogP contribution in [0.25, 0.3) is 0 Å². The van der Waals surface area contributed by atoms with Gasteiger partial charge in [0.05, 0.1) is 0 Å². The van der Waals surface area contributed by atoms with Crippen LogP contribution in [0.5, 0.6) is 5.75 Å². The molecule has 0 aliphatic heterocycles. The van der Waals surface area contributed by atoms with Gasteiger partial charge in [0.15, 0.2) is 5.78 Å². The molecular weight excluding hydrogens is 476 g/mol. The molecule has 0 bridgehead atoms. The van der Waals surface area contributed by atoms with Crippen molar-refractivity contribution in [3.05, 3.63) is 75.9 Å². The van der Waals surface area contributed by atoms with Gasteiger partial charge >= 0.3 is 0 Å². The monoisotopic (exact) mass is 532 g/mol. The van der Waals surface area contributed by atoms with E-state index in [1.54, 1.807) is 0 Å². The van der Waals surface area contributed by atoms with Gasteiger partial charge in [-0.25, -0.2) is 0 Å². The lowest BCUT2D eigenvalue weighted by Crippen LogP contribution is -2.25. The predicted molar refractivity (Wildman–Crippen MR) is 170 cm³/mol. The van der Waals surface area contributed by atoms with Crippen molar-refractivity contribution in [1.82, 2.24) is 0 Å². The second kappa shape index (κ2) is 11.6. The normalized spacial score (nSPS) is 13.9. The van der Waals surface area contributed by atoms with E-state index in [1.807, 2.05) is 0 Å². The summed E-state index contributed by atoms with van der Waals surface area (Å²) < 4.78 is 0. The number of phenolic OH excluding ortho intramolecular Hbond substituents is 1. The molecule has 0 aromatic heterocycles. The largest absolute Gasteiger partial charge is 0.507 e. The molecule has 216 valence electrons. The van der Waals surface area contributed by atoms with Crippen LogP contribution >= 0.6 is 0 Å². The molecular formula is C37H56O2. The van der Waals surface area contributed by atoms with Gasteiger partial charge in [0.25, 0.3) is 0 Å². The van der Waals surface area contributed by atoms with Crippen molar-refractivity contribution < 1.29 is 9.90 Å². The number of aromatic hydroxyl groups is 1. The third-order valence-electron chi connectivity index (χ3n) is 10.2. The smallest absolute Gasteiger partial charge is 0.185 e. The zero-order valence-corrected chi connectivity index (χ0v) is 27.4. The van der Waals surface area contributed by atoms with Crippen LogP contribution in [0.2, 0.25) is 0 Å². The summed E-state index contributed by atoms with van der Waals surface area (Å²) in [5.74, 6) is 0.133. The number of phenols is 1. The first-order valence-electron chi connectivity index (χ1n) is 15.1. The molecule has 2 nitrogen and oxygen atoms in total. The first-order valence-corrected chi connectivity index (χ1v) is 15.1. The van der Waals surface area contributed by atoms with Crippen molar-refractivity contribution in [1.29, 1.82) is 0 Å². The highest BCUT2D eigenvalue weighted by Gasteiger charge is 2.34. The van der Waals surface area contributed by atoms with Gasteiger partial charge in [-0.2, -0.15) is 0 Å². The number of carbonyl (C=O) groups excluding carboxylic acids is 1. The molecule has 0 spiro atoms. The number of rotatable bonds is 12. The molecule has 1 atom stereocenters. The minimum Gasteiger partial charge on any atom is -0.507 e. The second-order valence-electron chi connectivity index (χ2n) is 14.2. The Morgan fingerprint density at radius 2 is 1.10 bits per heavy atom. The Hall–Kier alpha value is -2.35. The SMILES string of the molecule is C=CC(=O)c1c(C(C)c2cc(C(C)(C)CC)cc(C(C)(C)CC)c2O)cc(C(C)(C)CC)cc1C(C)(C)CC. The number of hydrogen-bond acceptors (Lipinski definition) is 2. The Balaban J connectivity index is 3.12. The lowest BCUT2D eigenvalue weighted by Gasteiger charge is -2.34. The molecule has 0 radical (unpaired) electrons. The van der Waals surface area contributed by atoms with E-state index in [-0.39, 0.29) is 33.4 Å². The molecule has 0 aliphatic carbocycles. The molecule has 0 amide bonds. The Morgan fingerprint density at radius 3 is 1.51 bits per heavy atom. The third-order valence-corrected chi connectivity index (χ3v) is 10.2. The number of benzene rings is 2. The van der Waals surface area contributed by atoms with Crippen LogP contribution in [0.15, 0.2) is 36.9 Å². The summed E-state index contributed by atoms with van der Waals surface area (Å²) in [6.45, 7) is 32.8. The predicted octanol–water partition coefficient (Wildman–Crippen LogP) is 10.7. The summed E-state index contributed by atoms with van der Waals surface area (Å²) in [6.07, 6.45) is 5.26. The van der Waals surface area contributed by atoms with E-state index in [2.05, 4.69) is 121 Å². The molecule has 1 unspecified atom stereocenters. The van der Waals surface area contributed by atoms with Crippen molar-refractivity contribution in [2.24, 2.45) is 0 Å². The number of allylic oxidation sites excluding steroid dienone is 1. The second-order valence-corrected chi connectivity index (χ2v) is 14.2. The van der Waals surface area contributed by atoms with Gasteiger partial charge < -0.3 is 5.11 Å². The maximum atomic E-state index is 13.6. The van der Waals surface area contributed by atoms with E-state index in [4.69, 9.17) is 0 Å². The van der Waals surface area contributed by atoms with Crippen LogP contribution in [0, 0.1) is 0 Å². The first-order chi connectivity index (χ1) is 17.8. The fourth-order valence-electron chi connectivity index (χ4n) is 5.16. The lowest BCUT2D eigenvalue weighted by molar-refractivity contribution is 0.104. The highest BCUT2D eigenvalue weighted by atomic mass is 16.3. The molecule has 0 heterocycles. The molecule has 2 aromatic rings. The Labute approximate surface area is 240 Å². The summed E-state index contributed by atoms with van der Waals surface area (Å²) in [7, 11) is 0. The van der Waals surface area contributed by atoms with Crippen LogP contribution in [0.1, 0.15) is 165 Å². The summed E-state index contributed by atoms with van der Waals surface area (Å²) in [5, 5.41) is 11.9. The Morgan fingerprint density at radius 1 is 0.718 bits per heavy atom. The van der Waals surface area contributed by atoms with Gasteiger partial charge in [-0.05, 0) is 75.7 Å². The zero-order valence-electron chi connectivity index (χ0n) is 27.4. The van der Waals surface area contributed by atoms with Crippen molar-refractivity contribution in [2.45, 2.75) is 143 Å². The van der Waals surface area contributed by atoms with Crippen LogP contribution in [-0.2, 0) is 21.7 Å². The fraction of sp³-hybridized carbons (Fsp3) is 0.595. The topological polar surface area (TPSA) is 37.3 Å². The summed E-state index contributed by atoms with van der Waals surface area (Å²) >= 11 is 0. The minimum absolute atomic E-state index is 0.0398. The van der Waals surface area contributed by atoms with Crippen LogP contribution < -0.4 is 0 Å². The van der Waals surface area contributed by atoms with Gasteiger partial charge in [0.2, 0.25) is 0 Å². The van der Waals surface area contributed by atoms with Crippen LogP contribution in [-0.4, -0.2) is 10.9 Å². The van der Waals surface area contributed by atoms with E-state index in [1.165, 1.54) is 17.2 Å². The van der Waals surface area contributed by atoms with Gasteiger partial charge in [-0.1, -0.05) is 121 Å². The summed E-state index contributed by atoms with van der Waals surface area (Å²) in [6, 6.07) is 8.92. The number of hydrogen-bond donors (Lipinski definition) is 1. The zero-order chi connectivity index (χ0) is 30.1. The summed E-state index contributed by atoms with van der Waals surface area (Å²) in [5.41, 5.74) is 6.71. The van der Waals surface area contributed by atoms with Crippen molar-refractivity contribution >= 4 is 5.78 Å². The molecule has 2 heteroatoms. The van der Waals surface area contributed by atoms with Crippen LogP contribution in [0.3, 0.4) is 0 Å². The maximum Gasteiger partial charge on any atom is 0.185 e. The van der Waals surface area contributed by atoms with Gasteiger partial charge in [-0.15, -0.1) is 0 Å². The van der Waals surface area contributed by atoms with E-state index in [0.717, 1.165) is 53.5 Å². The minimum atomic E-state index is -0.189. The average Bonchev–Trinajstić information content (AvgIpc) is 2.91. The van der Waals surface area contributed by atoms with E-state index >= 15 is 0 Å². The van der Waals surface area contributed by atoms with E-state index in [9.17, 15) is 9.90 Å². The molecule has 2 aromatic carbocycles. The average molecular weight is 533 g/mol. The quantitative estimate of drug-likeness (QED) is 0.218. The van der Waals surface area contributed by atoms with Crippen molar-refractivity contribution in [3.63, 3.8) is 0 Å². The van der Waals surface area contributed by atoms with Gasteiger partial charge in [-0.3, -0.25) is 4.79 Å². The molecule has 0 aliphatic rings. The molecule has 39 heavy (non-hydrogen) atoms.